The highest BCUT2D eigenvalue weighted by atomic mass is 35.5. The Morgan fingerprint density at radius 1 is 1.00 bits per heavy atom. The summed E-state index contributed by atoms with van der Waals surface area (Å²) in [6.07, 6.45) is 1.54. The normalized spacial score (nSPS) is 14.3. The Balaban J connectivity index is 1.64. The number of pyridine rings is 1. The van der Waals surface area contributed by atoms with Gasteiger partial charge in [-0.1, -0.05) is 23.2 Å². The zero-order valence-electron chi connectivity index (χ0n) is 14.2. The smallest absolute Gasteiger partial charge is 0.255 e. The van der Waals surface area contributed by atoms with Crippen LogP contribution in [0.25, 0.3) is 0 Å². The van der Waals surface area contributed by atoms with E-state index in [0.717, 1.165) is 5.69 Å². The lowest BCUT2D eigenvalue weighted by Gasteiger charge is -2.34. The molecule has 1 saturated heterocycles. The Hall–Kier alpha value is -2.31. The molecule has 1 fully saturated rings. The van der Waals surface area contributed by atoms with Gasteiger partial charge in [0.1, 0.15) is 5.82 Å². The maximum Gasteiger partial charge on any atom is 0.255 e. The number of nitrogens with one attached hydrogen (secondary N) is 1. The first kappa shape index (κ1) is 18.5. The number of carbonyl (C=O) groups is 2. The lowest BCUT2D eigenvalue weighted by molar-refractivity contribution is -0.130. The molecule has 1 aromatic carbocycles. The second kappa shape index (κ2) is 7.93. The predicted octanol–water partition coefficient (Wildman–Crippen LogP) is 3.44. The molecule has 8 heteroatoms. The third-order valence-corrected chi connectivity index (χ3v) is 4.59. The fourth-order valence-corrected chi connectivity index (χ4v) is 3.30. The molecule has 1 N–H and O–H groups in total. The van der Waals surface area contributed by atoms with Crippen LogP contribution in [0.2, 0.25) is 10.0 Å². The number of carbonyl (C=O) groups excluding carboxylic acids is 2. The third-order valence-electron chi connectivity index (χ3n) is 4.16. The molecule has 0 unspecified atom stereocenters. The van der Waals surface area contributed by atoms with Gasteiger partial charge < -0.3 is 15.1 Å². The molecule has 1 aliphatic heterocycles. The number of halogens is 2. The van der Waals surface area contributed by atoms with E-state index >= 15 is 0 Å². The van der Waals surface area contributed by atoms with Crippen LogP contribution in [0.5, 0.6) is 0 Å². The molecule has 0 saturated carbocycles. The highest BCUT2D eigenvalue weighted by Gasteiger charge is 2.23. The SMILES string of the molecule is CC(=O)N1CCN(C(=O)c2ccc(Nc3cc(Cl)cc(Cl)c3)nc2)CC1. The van der Waals surface area contributed by atoms with Crippen molar-refractivity contribution in [2.75, 3.05) is 31.5 Å². The molecule has 1 aliphatic rings. The van der Waals surface area contributed by atoms with E-state index in [9.17, 15) is 9.59 Å². The molecule has 0 aliphatic carbocycles. The Labute approximate surface area is 161 Å². The largest absolute Gasteiger partial charge is 0.340 e. The van der Waals surface area contributed by atoms with Crippen molar-refractivity contribution in [3.05, 3.63) is 52.1 Å². The van der Waals surface area contributed by atoms with Gasteiger partial charge in [-0.05, 0) is 30.3 Å². The molecule has 0 atom stereocenters. The summed E-state index contributed by atoms with van der Waals surface area (Å²) in [5.74, 6) is 0.537. The first-order valence-corrected chi connectivity index (χ1v) is 8.92. The number of anilines is 2. The molecule has 6 nitrogen and oxygen atoms in total. The van der Waals surface area contributed by atoms with Gasteiger partial charge in [-0.3, -0.25) is 9.59 Å². The highest BCUT2D eigenvalue weighted by Crippen LogP contribution is 2.24. The van der Waals surface area contributed by atoms with Gasteiger partial charge in [0.2, 0.25) is 5.91 Å². The number of piperazine rings is 1. The van der Waals surface area contributed by atoms with Gasteiger partial charge in [-0.25, -0.2) is 4.98 Å². The van der Waals surface area contributed by atoms with E-state index in [0.29, 0.717) is 47.6 Å². The molecule has 3 rings (SSSR count). The van der Waals surface area contributed by atoms with Crippen LogP contribution in [0.15, 0.2) is 36.5 Å². The van der Waals surface area contributed by atoms with Gasteiger partial charge in [0.05, 0.1) is 5.56 Å². The van der Waals surface area contributed by atoms with Crippen molar-refractivity contribution in [3.63, 3.8) is 0 Å². The molecule has 0 bridgehead atoms. The van der Waals surface area contributed by atoms with Crippen LogP contribution in [0.4, 0.5) is 11.5 Å². The summed E-state index contributed by atoms with van der Waals surface area (Å²) in [7, 11) is 0. The van der Waals surface area contributed by atoms with Crippen LogP contribution in [-0.2, 0) is 4.79 Å². The number of nitrogens with zero attached hydrogens (tertiary/aromatic N) is 3. The van der Waals surface area contributed by atoms with Crippen LogP contribution in [-0.4, -0.2) is 52.8 Å². The summed E-state index contributed by atoms with van der Waals surface area (Å²) in [5, 5.41) is 4.15. The molecule has 2 aromatic rings. The second-order valence-electron chi connectivity index (χ2n) is 6.01. The number of aromatic nitrogens is 1. The second-order valence-corrected chi connectivity index (χ2v) is 6.89. The number of rotatable bonds is 3. The summed E-state index contributed by atoms with van der Waals surface area (Å²) in [4.78, 5) is 31.7. The number of benzene rings is 1. The Morgan fingerprint density at radius 3 is 2.15 bits per heavy atom. The molecule has 26 heavy (non-hydrogen) atoms. The van der Waals surface area contributed by atoms with Crippen molar-refractivity contribution < 1.29 is 9.59 Å². The zero-order valence-corrected chi connectivity index (χ0v) is 15.7. The standard InChI is InChI=1S/C18H18Cl2N4O2/c1-12(25)23-4-6-24(7-5-23)18(26)13-2-3-17(21-11-13)22-16-9-14(19)8-15(20)10-16/h2-3,8-11H,4-7H2,1H3,(H,21,22). The van der Waals surface area contributed by atoms with E-state index in [2.05, 4.69) is 10.3 Å². The molecule has 2 amide bonds. The van der Waals surface area contributed by atoms with Crippen molar-refractivity contribution in [1.29, 1.82) is 0 Å². The summed E-state index contributed by atoms with van der Waals surface area (Å²) >= 11 is 12.0. The number of hydrogen-bond donors (Lipinski definition) is 1. The monoisotopic (exact) mass is 392 g/mol. The quantitative estimate of drug-likeness (QED) is 0.868. The fourth-order valence-electron chi connectivity index (χ4n) is 2.78. The topological polar surface area (TPSA) is 65.5 Å². The Bertz CT molecular complexity index is 798. The minimum absolute atomic E-state index is 0.0373. The average molecular weight is 393 g/mol. The predicted molar refractivity (Wildman–Crippen MR) is 102 cm³/mol. The van der Waals surface area contributed by atoms with E-state index in [1.165, 1.54) is 6.20 Å². The molecule has 2 heterocycles. The van der Waals surface area contributed by atoms with Crippen molar-refractivity contribution in [1.82, 2.24) is 14.8 Å². The van der Waals surface area contributed by atoms with Gasteiger partial charge in [-0.2, -0.15) is 0 Å². The van der Waals surface area contributed by atoms with E-state index < -0.39 is 0 Å². The van der Waals surface area contributed by atoms with Gasteiger partial charge >= 0.3 is 0 Å². The highest BCUT2D eigenvalue weighted by molar-refractivity contribution is 6.35. The van der Waals surface area contributed by atoms with Crippen LogP contribution in [0.1, 0.15) is 17.3 Å². The lowest BCUT2D eigenvalue weighted by atomic mass is 10.2. The Kier molecular flexibility index (Phi) is 5.64. The van der Waals surface area contributed by atoms with Crippen molar-refractivity contribution in [2.24, 2.45) is 0 Å². The summed E-state index contributed by atoms with van der Waals surface area (Å²) < 4.78 is 0. The first-order chi connectivity index (χ1) is 12.4. The number of amides is 2. The van der Waals surface area contributed by atoms with Crippen molar-refractivity contribution >= 4 is 46.5 Å². The fraction of sp³-hybridized carbons (Fsp3) is 0.278. The first-order valence-electron chi connectivity index (χ1n) is 8.16. The Morgan fingerprint density at radius 2 is 1.62 bits per heavy atom. The van der Waals surface area contributed by atoms with E-state index in [1.807, 2.05) is 0 Å². The van der Waals surface area contributed by atoms with Gasteiger partial charge in [-0.15, -0.1) is 0 Å². The third kappa shape index (κ3) is 4.45. The molecule has 136 valence electrons. The van der Waals surface area contributed by atoms with Crippen LogP contribution in [0.3, 0.4) is 0 Å². The van der Waals surface area contributed by atoms with E-state index in [4.69, 9.17) is 23.2 Å². The number of hydrogen-bond acceptors (Lipinski definition) is 4. The maximum absolute atomic E-state index is 12.6. The van der Waals surface area contributed by atoms with Crippen molar-refractivity contribution in [3.8, 4) is 0 Å². The maximum atomic E-state index is 12.6. The van der Waals surface area contributed by atoms with Gasteiger partial charge in [0.25, 0.3) is 5.91 Å². The van der Waals surface area contributed by atoms with Gasteiger partial charge in [0.15, 0.2) is 0 Å². The minimum Gasteiger partial charge on any atom is -0.340 e. The molecule has 0 spiro atoms. The van der Waals surface area contributed by atoms with E-state index in [1.54, 1.807) is 47.1 Å². The molecule has 0 radical (unpaired) electrons. The van der Waals surface area contributed by atoms with Crippen LogP contribution < -0.4 is 5.32 Å². The summed E-state index contributed by atoms with van der Waals surface area (Å²) in [6.45, 7) is 3.71. The zero-order chi connectivity index (χ0) is 18.7. The van der Waals surface area contributed by atoms with Crippen LogP contribution >= 0.6 is 23.2 Å². The van der Waals surface area contributed by atoms with Gasteiger partial charge in [0, 0.05) is 55.0 Å². The van der Waals surface area contributed by atoms with Crippen LogP contribution in [0, 0.1) is 0 Å². The molecular weight excluding hydrogens is 375 g/mol. The molecule has 1 aromatic heterocycles. The summed E-state index contributed by atoms with van der Waals surface area (Å²) in [6, 6.07) is 8.58. The minimum atomic E-state index is -0.0851. The van der Waals surface area contributed by atoms with E-state index in [-0.39, 0.29) is 11.8 Å². The summed E-state index contributed by atoms with van der Waals surface area (Å²) in [5.41, 5.74) is 1.23. The lowest BCUT2D eigenvalue weighted by Crippen LogP contribution is -2.50. The molecular formula is C18H18Cl2N4O2. The average Bonchev–Trinajstić information content (AvgIpc) is 2.61. The van der Waals surface area contributed by atoms with Crippen molar-refractivity contribution in [2.45, 2.75) is 6.92 Å².